The van der Waals surface area contributed by atoms with Crippen molar-refractivity contribution in [3.05, 3.63) is 22.8 Å². The average molecular weight is 496 g/mol. The predicted molar refractivity (Wildman–Crippen MR) is 100 cm³/mol. The molecule has 3 aromatic heterocycles. The third kappa shape index (κ3) is 3.12. The molecule has 24 heavy (non-hydrogen) atoms. The van der Waals surface area contributed by atoms with Crippen molar-refractivity contribution in [1.29, 1.82) is 0 Å². The molecule has 5 nitrogen and oxygen atoms in total. The second kappa shape index (κ2) is 6.28. The molecule has 1 atom stereocenters. The van der Waals surface area contributed by atoms with Crippen molar-refractivity contribution in [2.45, 2.75) is 49.7 Å². The second-order valence-corrected chi connectivity index (χ2v) is 14.6. The molecule has 1 saturated heterocycles. The molecule has 126 valence electrons. The van der Waals surface area contributed by atoms with E-state index in [0.29, 0.717) is 3.43 Å². The molecule has 0 aliphatic carbocycles. The number of nitrogens with zero attached hydrogens (tertiary/aromatic N) is 4. The molecule has 1 aliphatic heterocycles. The fourth-order valence-electron chi connectivity index (χ4n) is 3.16. The molecular formula is C17H21BrN4OSn. The first-order valence-electron chi connectivity index (χ1n) is 8.38. The molecule has 0 amide bonds. The van der Waals surface area contributed by atoms with Gasteiger partial charge in [0.2, 0.25) is 0 Å². The Morgan fingerprint density at radius 2 is 2.08 bits per heavy atom. The summed E-state index contributed by atoms with van der Waals surface area (Å²) < 4.78 is 12.7. The average Bonchev–Trinajstić information content (AvgIpc) is 3.04. The standard InChI is InChI=1S/C13H12BrN4O.C4H9.Sn/c14-9-4-5-11-10-7-15-18(12-3-1-2-6-19-12)13(10)16-17(11)8-9;1-4(2)3;/h4-5,8,12H,1-3,6H2;1-3H3;. The minimum absolute atomic E-state index is 0.0303. The minimum atomic E-state index is -0.855. The number of fused-ring (bicyclic) bond motifs is 3. The third-order valence-corrected chi connectivity index (χ3v) is 8.44. The SMILES string of the molecule is C[C](C)(C)[Sn][c]1nn(C2CCCCO2)c2nn3cc(Br)ccc3c12. The zero-order valence-electron chi connectivity index (χ0n) is 14.2. The molecule has 4 rings (SSSR count). The van der Waals surface area contributed by atoms with Crippen LogP contribution in [-0.2, 0) is 4.74 Å². The van der Waals surface area contributed by atoms with Gasteiger partial charge in [-0.25, -0.2) is 0 Å². The summed E-state index contributed by atoms with van der Waals surface area (Å²) in [6.07, 6.45) is 5.41. The van der Waals surface area contributed by atoms with Crippen LogP contribution in [-0.4, -0.2) is 47.1 Å². The van der Waals surface area contributed by atoms with Gasteiger partial charge in [0.25, 0.3) is 0 Å². The first-order valence-corrected chi connectivity index (χ1v) is 12.0. The van der Waals surface area contributed by atoms with Gasteiger partial charge in [0.15, 0.2) is 0 Å². The third-order valence-electron chi connectivity index (χ3n) is 4.16. The number of ether oxygens (including phenoxy) is 1. The molecule has 0 aromatic carbocycles. The first kappa shape index (κ1) is 16.8. The van der Waals surface area contributed by atoms with E-state index in [-0.39, 0.29) is 6.23 Å². The fourth-order valence-corrected chi connectivity index (χ4v) is 7.01. The summed E-state index contributed by atoms with van der Waals surface area (Å²) in [5.74, 6) is 0. The van der Waals surface area contributed by atoms with E-state index in [9.17, 15) is 0 Å². The summed E-state index contributed by atoms with van der Waals surface area (Å²) in [6, 6.07) is 4.22. The van der Waals surface area contributed by atoms with Crippen LogP contribution in [0.4, 0.5) is 0 Å². The van der Waals surface area contributed by atoms with E-state index in [1.165, 1.54) is 15.5 Å². The van der Waals surface area contributed by atoms with Gasteiger partial charge < -0.3 is 0 Å². The van der Waals surface area contributed by atoms with Crippen molar-refractivity contribution < 1.29 is 4.74 Å². The Balaban J connectivity index is 1.93. The van der Waals surface area contributed by atoms with Gasteiger partial charge in [0.05, 0.1) is 0 Å². The van der Waals surface area contributed by atoms with Crippen LogP contribution >= 0.6 is 15.9 Å². The fraction of sp³-hybridized carbons (Fsp3) is 0.529. The molecule has 1 fully saturated rings. The first-order chi connectivity index (χ1) is 11.4. The quantitative estimate of drug-likeness (QED) is 0.509. The Morgan fingerprint density at radius 1 is 1.25 bits per heavy atom. The van der Waals surface area contributed by atoms with Crippen molar-refractivity contribution in [3.8, 4) is 0 Å². The van der Waals surface area contributed by atoms with Crippen LogP contribution in [0.15, 0.2) is 22.8 Å². The summed E-state index contributed by atoms with van der Waals surface area (Å²) in [5, 5.41) is 11.1. The van der Waals surface area contributed by atoms with Crippen molar-refractivity contribution in [2.24, 2.45) is 0 Å². The number of hydrogen-bond acceptors (Lipinski definition) is 3. The van der Waals surface area contributed by atoms with Gasteiger partial charge in [-0.1, -0.05) is 0 Å². The van der Waals surface area contributed by atoms with Crippen molar-refractivity contribution in [1.82, 2.24) is 19.4 Å². The monoisotopic (exact) mass is 496 g/mol. The molecule has 2 radical (unpaired) electrons. The van der Waals surface area contributed by atoms with Crippen LogP contribution in [0.25, 0.3) is 16.6 Å². The van der Waals surface area contributed by atoms with E-state index in [0.717, 1.165) is 35.1 Å². The van der Waals surface area contributed by atoms with Gasteiger partial charge in [-0.3, -0.25) is 0 Å². The maximum atomic E-state index is 6.00. The summed E-state index contributed by atoms with van der Waals surface area (Å²) in [4.78, 5) is 0. The van der Waals surface area contributed by atoms with E-state index >= 15 is 0 Å². The molecule has 4 heterocycles. The zero-order valence-corrected chi connectivity index (χ0v) is 18.7. The molecule has 1 unspecified atom stereocenters. The normalized spacial score (nSPS) is 19.4. The number of rotatable bonds is 2. The molecular weight excluding hydrogens is 475 g/mol. The topological polar surface area (TPSA) is 44.3 Å². The Kier molecular flexibility index (Phi) is 4.41. The van der Waals surface area contributed by atoms with Crippen LogP contribution in [0, 0.1) is 0 Å². The van der Waals surface area contributed by atoms with Gasteiger partial charge in [-0.15, -0.1) is 0 Å². The van der Waals surface area contributed by atoms with Crippen molar-refractivity contribution in [3.63, 3.8) is 0 Å². The van der Waals surface area contributed by atoms with E-state index in [2.05, 4.69) is 53.5 Å². The van der Waals surface area contributed by atoms with Crippen LogP contribution in [0.5, 0.6) is 0 Å². The van der Waals surface area contributed by atoms with Crippen molar-refractivity contribution >= 4 is 57.3 Å². The molecule has 0 spiro atoms. The molecule has 3 aromatic rings. The van der Waals surface area contributed by atoms with Crippen molar-refractivity contribution in [2.75, 3.05) is 6.61 Å². The Hall–Kier alpha value is -0.601. The van der Waals surface area contributed by atoms with E-state index < -0.39 is 21.1 Å². The molecule has 7 heteroatoms. The molecule has 0 saturated carbocycles. The molecule has 0 N–H and O–H groups in total. The summed E-state index contributed by atoms with van der Waals surface area (Å²) in [6.45, 7) is 7.79. The maximum absolute atomic E-state index is 6.00. The van der Waals surface area contributed by atoms with Crippen LogP contribution < -0.4 is 3.71 Å². The Labute approximate surface area is 160 Å². The van der Waals surface area contributed by atoms with E-state index in [4.69, 9.17) is 14.9 Å². The van der Waals surface area contributed by atoms with Gasteiger partial charge >= 0.3 is 161 Å². The Morgan fingerprint density at radius 3 is 2.79 bits per heavy atom. The van der Waals surface area contributed by atoms with Crippen LogP contribution in [0.2, 0.25) is 3.43 Å². The number of aromatic nitrogens is 4. The van der Waals surface area contributed by atoms with Crippen LogP contribution in [0.1, 0.15) is 46.3 Å². The van der Waals surface area contributed by atoms with E-state index in [1.54, 1.807) is 0 Å². The number of halogens is 1. The van der Waals surface area contributed by atoms with Gasteiger partial charge in [-0.2, -0.15) is 0 Å². The Bertz CT molecular complexity index is 889. The zero-order chi connectivity index (χ0) is 16.9. The summed E-state index contributed by atoms with van der Waals surface area (Å²) in [7, 11) is 0. The number of pyridine rings is 1. The summed E-state index contributed by atoms with van der Waals surface area (Å²) >= 11 is 2.69. The summed E-state index contributed by atoms with van der Waals surface area (Å²) in [5.41, 5.74) is 2.12. The van der Waals surface area contributed by atoms with Crippen LogP contribution in [0.3, 0.4) is 0 Å². The molecule has 0 bridgehead atoms. The van der Waals surface area contributed by atoms with Gasteiger partial charge in [0.1, 0.15) is 0 Å². The second-order valence-electron chi connectivity index (χ2n) is 7.37. The molecule has 1 aliphatic rings. The van der Waals surface area contributed by atoms with Gasteiger partial charge in [-0.05, 0) is 0 Å². The predicted octanol–water partition coefficient (Wildman–Crippen LogP) is 3.69. The van der Waals surface area contributed by atoms with E-state index in [1.807, 2.05) is 10.7 Å². The number of hydrogen-bond donors (Lipinski definition) is 0. The van der Waals surface area contributed by atoms with Gasteiger partial charge in [0, 0.05) is 0 Å².